The van der Waals surface area contributed by atoms with E-state index in [9.17, 15) is 29.1 Å². The van der Waals surface area contributed by atoms with Crippen LogP contribution in [0.4, 0.5) is 34.1 Å². The molecule has 2 atom stereocenters. The lowest BCUT2D eigenvalue weighted by Gasteiger charge is -2.38. The summed E-state index contributed by atoms with van der Waals surface area (Å²) in [6.45, 7) is 16.4. The number of carbonyl (C=O) groups excluding carboxylic acids is 4. The highest BCUT2D eigenvalue weighted by Gasteiger charge is 2.28. The molecular formula is C62H77N9O8. The number of para-hydroxylation sites is 2. The Kier molecular flexibility index (Phi) is 20.0. The minimum absolute atomic E-state index is 0.0317. The van der Waals surface area contributed by atoms with E-state index < -0.39 is 11.9 Å². The summed E-state index contributed by atoms with van der Waals surface area (Å²) in [5, 5.41) is 15.2. The molecule has 0 radical (unpaired) electrons. The molecule has 3 amide bonds. The summed E-state index contributed by atoms with van der Waals surface area (Å²) in [4.78, 5) is 76.2. The van der Waals surface area contributed by atoms with Crippen molar-refractivity contribution in [3.05, 3.63) is 155 Å². The van der Waals surface area contributed by atoms with Gasteiger partial charge in [0.2, 0.25) is 5.91 Å². The molecule has 0 aliphatic carbocycles. The van der Waals surface area contributed by atoms with E-state index in [1.165, 1.54) is 60.5 Å². The summed E-state index contributed by atoms with van der Waals surface area (Å²) < 4.78 is 10.5. The topological polar surface area (TPSA) is 201 Å². The van der Waals surface area contributed by atoms with Gasteiger partial charge in [0.25, 0.3) is 11.8 Å². The number of rotatable bonds is 14. The van der Waals surface area contributed by atoms with Crippen molar-refractivity contribution in [2.75, 3.05) is 116 Å². The second-order valence-corrected chi connectivity index (χ2v) is 21.0. The first-order valence-electron chi connectivity index (χ1n) is 27.8. The monoisotopic (exact) mass is 1080 g/mol. The number of likely N-dealkylation sites (N-methyl/N-ethyl adjacent to an activating group) is 1. The Morgan fingerprint density at radius 2 is 1.06 bits per heavy atom. The molecule has 6 aromatic rings. The first kappa shape index (κ1) is 57.3. The number of likely N-dealkylation sites (tertiary alicyclic amines) is 2. The smallest absolute Gasteiger partial charge is 0.335 e. The molecule has 0 spiro atoms. The zero-order chi connectivity index (χ0) is 55.8. The molecule has 5 N–H and O–H groups in total. The van der Waals surface area contributed by atoms with Gasteiger partial charge in [0.1, 0.15) is 0 Å². The molecule has 4 aliphatic heterocycles. The zero-order valence-electron chi connectivity index (χ0n) is 46.2. The van der Waals surface area contributed by atoms with E-state index in [0.29, 0.717) is 42.4 Å². The van der Waals surface area contributed by atoms with Crippen LogP contribution in [0.15, 0.2) is 131 Å². The number of nitrogens with one attached hydrogen (secondary N) is 2. The predicted molar refractivity (Wildman–Crippen MR) is 312 cm³/mol. The largest absolute Gasteiger partial charge is 0.478 e. The van der Waals surface area contributed by atoms with Gasteiger partial charge in [0.15, 0.2) is 17.3 Å². The van der Waals surface area contributed by atoms with Crippen molar-refractivity contribution < 1.29 is 37.9 Å². The van der Waals surface area contributed by atoms with Crippen LogP contribution in [-0.2, 0) is 4.79 Å². The standard InChI is InChI=1S/C33H40N4O4.C23H23N3O4.C6H14N2/c1-3-8-32(39)37-15-6-10-25(23-37)21-30(38)26-13-14-29(27(22-26)34-33(40)31-12-7-20-41-31)36-18-16-35(17-19-36)28-11-5-4-9-24(28)2;1-16-5-2-3-6-19(16)25-10-12-26(13-11-25)20-9-8-17(23(28)29)15-18(20)24-22(27)21-7-4-14-30-21;1-8-4-2-3-6(7)5-8/h4-5,7,9,11-14,20,22,25H,3,6,8,10,15-19,21,23H2,1-2H3,(H,34,40);2-9,14-15H,10-13H2,1H3,(H,24,27)(H,28,29);6H,2-5,7H2,1H3/t25-;;6-/m0.1/s1. The van der Waals surface area contributed by atoms with Crippen molar-refractivity contribution in [1.29, 1.82) is 0 Å². The number of carboxylic acid groups (broad SMARTS) is 1. The number of hydrogen-bond acceptors (Lipinski definition) is 13. The highest BCUT2D eigenvalue weighted by molar-refractivity contribution is 6.06. The number of piperidine rings is 2. The van der Waals surface area contributed by atoms with Crippen LogP contribution >= 0.6 is 0 Å². The zero-order valence-corrected chi connectivity index (χ0v) is 46.2. The Morgan fingerprint density at radius 3 is 1.51 bits per heavy atom. The van der Waals surface area contributed by atoms with Gasteiger partial charge in [-0.15, -0.1) is 0 Å². The lowest BCUT2D eigenvalue weighted by molar-refractivity contribution is -0.133. The fourth-order valence-electron chi connectivity index (χ4n) is 10.9. The molecule has 10 rings (SSSR count). The number of amides is 3. The molecule has 4 aliphatic rings. The molecule has 4 fully saturated rings. The highest BCUT2D eigenvalue weighted by Crippen LogP contribution is 2.34. The normalized spacial score (nSPS) is 17.7. The van der Waals surface area contributed by atoms with Gasteiger partial charge in [0, 0.05) is 108 Å². The molecule has 0 saturated carbocycles. The van der Waals surface area contributed by atoms with Crippen LogP contribution in [-0.4, -0.2) is 136 Å². The van der Waals surface area contributed by atoms with Gasteiger partial charge in [-0.2, -0.15) is 0 Å². The number of anilines is 6. The highest BCUT2D eigenvalue weighted by atomic mass is 16.4. The molecule has 17 heteroatoms. The quantitative estimate of drug-likeness (QED) is 0.0751. The van der Waals surface area contributed by atoms with Gasteiger partial charge in [-0.3, -0.25) is 19.2 Å². The van der Waals surface area contributed by atoms with Gasteiger partial charge in [-0.25, -0.2) is 4.79 Å². The summed E-state index contributed by atoms with van der Waals surface area (Å²) in [7, 11) is 2.12. The maximum Gasteiger partial charge on any atom is 0.335 e. The molecule has 79 heavy (non-hydrogen) atoms. The van der Waals surface area contributed by atoms with Gasteiger partial charge in [-0.05, 0) is 149 Å². The van der Waals surface area contributed by atoms with Crippen molar-refractivity contribution in [2.45, 2.75) is 71.8 Å². The number of Topliss-reactive ketones (excluding diaryl/α,β-unsaturated/α-hetero) is 1. The number of aryl methyl sites for hydroxylation is 2. The van der Waals surface area contributed by atoms with Crippen LogP contribution < -0.4 is 36.0 Å². The number of aromatic carboxylic acids is 1. The van der Waals surface area contributed by atoms with E-state index >= 15 is 0 Å². The third-order valence-corrected chi connectivity index (χ3v) is 15.2. The van der Waals surface area contributed by atoms with Crippen LogP contribution in [0.25, 0.3) is 0 Å². The third kappa shape index (κ3) is 15.4. The summed E-state index contributed by atoms with van der Waals surface area (Å²) in [5.74, 6) is -1.06. The molecule has 0 bridgehead atoms. The van der Waals surface area contributed by atoms with E-state index in [4.69, 9.17) is 14.6 Å². The van der Waals surface area contributed by atoms with Crippen molar-refractivity contribution in [3.63, 3.8) is 0 Å². The number of carboxylic acids is 1. The Labute approximate surface area is 464 Å². The number of nitrogens with zero attached hydrogens (tertiary/aromatic N) is 6. The predicted octanol–water partition coefficient (Wildman–Crippen LogP) is 9.68. The van der Waals surface area contributed by atoms with Crippen molar-refractivity contribution >= 4 is 63.6 Å². The number of piperazine rings is 2. The van der Waals surface area contributed by atoms with Crippen molar-refractivity contribution in [3.8, 4) is 0 Å². The molecule has 6 heterocycles. The molecular weight excluding hydrogens is 999 g/mol. The van der Waals surface area contributed by atoms with Crippen molar-refractivity contribution in [2.24, 2.45) is 11.7 Å². The maximum absolute atomic E-state index is 13.4. The molecule has 418 valence electrons. The number of carbonyl (C=O) groups is 5. The first-order valence-corrected chi connectivity index (χ1v) is 27.8. The first-order chi connectivity index (χ1) is 38.2. The molecule has 2 aromatic heterocycles. The number of hydrogen-bond donors (Lipinski definition) is 4. The van der Waals surface area contributed by atoms with Gasteiger partial charge >= 0.3 is 5.97 Å². The van der Waals surface area contributed by atoms with Crippen LogP contribution in [0.1, 0.15) is 105 Å². The fraction of sp³-hybridized carbons (Fsp3) is 0.403. The number of nitrogens with two attached hydrogens (primary N) is 1. The second-order valence-electron chi connectivity index (χ2n) is 21.0. The van der Waals surface area contributed by atoms with Gasteiger partial charge in [0.05, 0.1) is 40.8 Å². The Balaban J connectivity index is 0.000000188. The number of benzene rings is 4. The van der Waals surface area contributed by atoms with E-state index in [1.807, 2.05) is 36.1 Å². The summed E-state index contributed by atoms with van der Waals surface area (Å²) in [6, 6.07) is 34.1. The van der Waals surface area contributed by atoms with Crippen LogP contribution in [0.5, 0.6) is 0 Å². The summed E-state index contributed by atoms with van der Waals surface area (Å²) in [5.41, 5.74) is 14.1. The van der Waals surface area contributed by atoms with Gasteiger partial charge < -0.3 is 59.7 Å². The van der Waals surface area contributed by atoms with E-state index in [1.54, 1.807) is 42.5 Å². The van der Waals surface area contributed by atoms with Gasteiger partial charge in [-0.1, -0.05) is 43.3 Å². The molecule has 0 unspecified atom stereocenters. The Hall–Kier alpha value is -7.89. The number of ketones is 1. The van der Waals surface area contributed by atoms with E-state index in [-0.39, 0.29) is 40.6 Å². The Bertz CT molecular complexity index is 2970. The molecule has 4 saturated heterocycles. The SMILES string of the molecule is CCCC(=O)N1CCC[C@@H](CC(=O)c2ccc(N3CCN(c4ccccc4C)CC3)c(NC(=O)c3ccco3)c2)C1.CN1CCC[C@@H](N)C1.Cc1ccccc1N1CCN(c2ccc(C(=O)O)cc2NC(=O)c2ccco2)CC1. The van der Waals surface area contributed by atoms with Crippen molar-refractivity contribution in [1.82, 2.24) is 9.80 Å². The second kappa shape index (κ2) is 27.6. The van der Waals surface area contributed by atoms with Crippen LogP contribution in [0.2, 0.25) is 0 Å². The average Bonchev–Trinajstić information content (AvgIpc) is 4.26. The minimum atomic E-state index is -1.04. The summed E-state index contributed by atoms with van der Waals surface area (Å²) >= 11 is 0. The summed E-state index contributed by atoms with van der Waals surface area (Å²) in [6.07, 6.45) is 9.02. The minimum Gasteiger partial charge on any atom is -0.478 e. The number of furan rings is 2. The fourth-order valence-corrected chi connectivity index (χ4v) is 10.9. The van der Waals surface area contributed by atoms with Crippen LogP contribution in [0, 0.1) is 19.8 Å². The molecule has 4 aromatic carbocycles. The van der Waals surface area contributed by atoms with E-state index in [0.717, 1.165) is 96.1 Å². The maximum atomic E-state index is 13.4. The van der Waals surface area contributed by atoms with E-state index in [2.05, 4.69) is 92.4 Å². The lowest BCUT2D eigenvalue weighted by atomic mass is 9.90. The Morgan fingerprint density at radius 1 is 0.582 bits per heavy atom. The lowest BCUT2D eigenvalue weighted by Crippen LogP contribution is -2.47. The van der Waals surface area contributed by atoms with Crippen LogP contribution in [0.3, 0.4) is 0 Å². The molecule has 17 nitrogen and oxygen atoms in total. The average molecular weight is 1080 g/mol. The third-order valence-electron chi connectivity index (χ3n) is 15.2.